The van der Waals surface area contributed by atoms with E-state index in [-0.39, 0.29) is 11.4 Å². The van der Waals surface area contributed by atoms with Gasteiger partial charge in [-0.05, 0) is 23.8 Å². The molecule has 1 heterocycles. The molecule has 0 bridgehead atoms. The zero-order valence-corrected chi connectivity index (χ0v) is 10.2. The van der Waals surface area contributed by atoms with Crippen molar-refractivity contribution in [3.63, 3.8) is 0 Å². The third-order valence-corrected chi connectivity index (χ3v) is 2.58. The summed E-state index contributed by atoms with van der Waals surface area (Å²) >= 11 is 0. The van der Waals surface area contributed by atoms with E-state index in [2.05, 4.69) is 4.98 Å². The number of nitro groups is 1. The molecule has 6 nitrogen and oxygen atoms in total. The number of nitrogen functional groups attached to an aromatic ring is 1. The van der Waals surface area contributed by atoms with E-state index in [1.807, 2.05) is 12.1 Å². The molecule has 0 saturated heterocycles. The molecule has 2 rings (SSSR count). The van der Waals surface area contributed by atoms with E-state index in [4.69, 9.17) is 10.5 Å². The molecular formula is C13H13N3O3. The first kappa shape index (κ1) is 12.8. The van der Waals surface area contributed by atoms with Crippen LogP contribution in [0.3, 0.4) is 0 Å². The van der Waals surface area contributed by atoms with Crippen molar-refractivity contribution in [3.05, 3.63) is 58.4 Å². The molecule has 0 amide bonds. The number of ether oxygens (including phenoxy) is 1. The average molecular weight is 259 g/mol. The molecule has 98 valence electrons. The summed E-state index contributed by atoms with van der Waals surface area (Å²) in [4.78, 5) is 14.2. The van der Waals surface area contributed by atoms with Crippen LogP contribution in [-0.2, 0) is 6.42 Å². The first-order chi connectivity index (χ1) is 9.16. The fourth-order valence-electron chi connectivity index (χ4n) is 1.60. The van der Waals surface area contributed by atoms with Crippen LogP contribution in [0, 0.1) is 10.1 Å². The van der Waals surface area contributed by atoms with Crippen LogP contribution in [-0.4, -0.2) is 16.5 Å². The first-order valence-corrected chi connectivity index (χ1v) is 5.72. The SMILES string of the molecule is Nc1ccc(OCCc2cccnc2)cc1[N+](=O)[O-]. The number of hydrogen-bond acceptors (Lipinski definition) is 5. The summed E-state index contributed by atoms with van der Waals surface area (Å²) in [6.45, 7) is 0.423. The predicted octanol–water partition coefficient (Wildman–Crippen LogP) is 2.19. The molecule has 0 aliphatic carbocycles. The van der Waals surface area contributed by atoms with Gasteiger partial charge in [0.1, 0.15) is 11.4 Å². The Hall–Kier alpha value is -2.63. The molecule has 19 heavy (non-hydrogen) atoms. The van der Waals surface area contributed by atoms with E-state index in [9.17, 15) is 10.1 Å². The van der Waals surface area contributed by atoms with Crippen LogP contribution >= 0.6 is 0 Å². The van der Waals surface area contributed by atoms with Crippen LogP contribution < -0.4 is 10.5 Å². The molecule has 1 aromatic carbocycles. The van der Waals surface area contributed by atoms with Gasteiger partial charge in [0.2, 0.25) is 0 Å². The Morgan fingerprint density at radius 3 is 2.89 bits per heavy atom. The lowest BCUT2D eigenvalue weighted by molar-refractivity contribution is -0.384. The molecular weight excluding hydrogens is 246 g/mol. The summed E-state index contributed by atoms with van der Waals surface area (Å²) in [6.07, 6.45) is 4.15. The Morgan fingerprint density at radius 1 is 1.37 bits per heavy atom. The molecule has 0 saturated carbocycles. The van der Waals surface area contributed by atoms with Crippen LogP contribution in [0.15, 0.2) is 42.7 Å². The van der Waals surface area contributed by atoms with Crippen molar-refractivity contribution in [2.75, 3.05) is 12.3 Å². The number of hydrogen-bond donors (Lipinski definition) is 1. The average Bonchev–Trinajstić information content (AvgIpc) is 2.41. The van der Waals surface area contributed by atoms with Gasteiger partial charge in [-0.1, -0.05) is 6.07 Å². The van der Waals surface area contributed by atoms with Crippen molar-refractivity contribution in [2.24, 2.45) is 0 Å². The van der Waals surface area contributed by atoms with Gasteiger partial charge < -0.3 is 10.5 Å². The van der Waals surface area contributed by atoms with Crippen molar-refractivity contribution >= 4 is 11.4 Å². The molecule has 0 spiro atoms. The van der Waals surface area contributed by atoms with Gasteiger partial charge in [-0.25, -0.2) is 0 Å². The Bertz CT molecular complexity index is 573. The number of nitrogens with zero attached hydrogens (tertiary/aromatic N) is 2. The number of pyridine rings is 1. The fourth-order valence-corrected chi connectivity index (χ4v) is 1.60. The zero-order valence-electron chi connectivity index (χ0n) is 10.2. The Labute approximate surface area is 110 Å². The summed E-state index contributed by atoms with van der Waals surface area (Å²) in [5.74, 6) is 0.435. The monoisotopic (exact) mass is 259 g/mol. The lowest BCUT2D eigenvalue weighted by Gasteiger charge is -2.06. The summed E-state index contributed by atoms with van der Waals surface area (Å²) in [7, 11) is 0. The van der Waals surface area contributed by atoms with E-state index in [1.54, 1.807) is 18.5 Å². The number of benzene rings is 1. The molecule has 6 heteroatoms. The second-order valence-electron chi connectivity index (χ2n) is 3.94. The molecule has 2 N–H and O–H groups in total. The second-order valence-corrected chi connectivity index (χ2v) is 3.94. The third-order valence-electron chi connectivity index (χ3n) is 2.58. The molecule has 0 unspecified atom stereocenters. The molecule has 0 atom stereocenters. The van der Waals surface area contributed by atoms with Crippen molar-refractivity contribution < 1.29 is 9.66 Å². The molecule has 0 radical (unpaired) electrons. The first-order valence-electron chi connectivity index (χ1n) is 5.72. The highest BCUT2D eigenvalue weighted by atomic mass is 16.6. The van der Waals surface area contributed by atoms with Crippen molar-refractivity contribution in [1.29, 1.82) is 0 Å². The van der Waals surface area contributed by atoms with Crippen molar-refractivity contribution in [3.8, 4) is 5.75 Å². The van der Waals surface area contributed by atoms with Gasteiger partial charge >= 0.3 is 0 Å². The van der Waals surface area contributed by atoms with Gasteiger partial charge in [0.15, 0.2) is 0 Å². The maximum absolute atomic E-state index is 10.7. The van der Waals surface area contributed by atoms with E-state index in [1.165, 1.54) is 12.1 Å². The van der Waals surface area contributed by atoms with Gasteiger partial charge in [0.05, 0.1) is 17.6 Å². The van der Waals surface area contributed by atoms with Gasteiger partial charge in [-0.2, -0.15) is 0 Å². The minimum absolute atomic E-state index is 0.129. The smallest absolute Gasteiger partial charge is 0.295 e. The molecule has 1 aromatic heterocycles. The minimum Gasteiger partial charge on any atom is -0.493 e. The summed E-state index contributed by atoms with van der Waals surface area (Å²) in [5.41, 5.74) is 6.54. The van der Waals surface area contributed by atoms with Gasteiger partial charge in [-0.15, -0.1) is 0 Å². The number of rotatable bonds is 5. The van der Waals surface area contributed by atoms with E-state index in [0.717, 1.165) is 5.56 Å². The maximum Gasteiger partial charge on any atom is 0.295 e. The largest absolute Gasteiger partial charge is 0.493 e. The standard InChI is InChI=1S/C13H13N3O3/c14-12-4-3-11(8-13(12)16(17)18)19-7-5-10-2-1-6-15-9-10/h1-4,6,8-9H,5,7,14H2. The molecule has 0 aliphatic heterocycles. The summed E-state index contributed by atoms with van der Waals surface area (Å²) in [6, 6.07) is 8.22. The topological polar surface area (TPSA) is 91.3 Å². The van der Waals surface area contributed by atoms with Crippen LogP contribution in [0.4, 0.5) is 11.4 Å². The second kappa shape index (κ2) is 5.81. The third kappa shape index (κ3) is 3.41. The minimum atomic E-state index is -0.524. The summed E-state index contributed by atoms with van der Waals surface area (Å²) < 4.78 is 5.47. The Balaban J connectivity index is 1.97. The Morgan fingerprint density at radius 2 is 2.21 bits per heavy atom. The molecule has 2 aromatic rings. The molecule has 0 aliphatic rings. The number of aromatic nitrogens is 1. The number of nitrogens with two attached hydrogens (primary N) is 1. The van der Waals surface area contributed by atoms with Crippen LogP contribution in [0.1, 0.15) is 5.56 Å². The quantitative estimate of drug-likeness (QED) is 0.505. The van der Waals surface area contributed by atoms with Gasteiger partial charge in [0, 0.05) is 18.8 Å². The van der Waals surface area contributed by atoms with Crippen LogP contribution in [0.2, 0.25) is 0 Å². The van der Waals surface area contributed by atoms with Gasteiger partial charge in [-0.3, -0.25) is 15.1 Å². The summed E-state index contributed by atoms with van der Waals surface area (Å²) in [5, 5.41) is 10.7. The van der Waals surface area contributed by atoms with Gasteiger partial charge in [0.25, 0.3) is 5.69 Å². The lowest BCUT2D eigenvalue weighted by atomic mass is 10.2. The van der Waals surface area contributed by atoms with Crippen molar-refractivity contribution in [2.45, 2.75) is 6.42 Å². The highest BCUT2D eigenvalue weighted by Gasteiger charge is 2.12. The van der Waals surface area contributed by atoms with Crippen LogP contribution in [0.25, 0.3) is 0 Å². The lowest BCUT2D eigenvalue weighted by Crippen LogP contribution is -2.03. The van der Waals surface area contributed by atoms with E-state index in [0.29, 0.717) is 18.8 Å². The highest BCUT2D eigenvalue weighted by Crippen LogP contribution is 2.26. The fraction of sp³-hybridized carbons (Fsp3) is 0.154. The predicted molar refractivity (Wildman–Crippen MR) is 70.9 cm³/mol. The Kier molecular flexibility index (Phi) is 3.92. The molecule has 0 fully saturated rings. The van der Waals surface area contributed by atoms with Crippen LogP contribution in [0.5, 0.6) is 5.75 Å². The number of anilines is 1. The van der Waals surface area contributed by atoms with E-state index >= 15 is 0 Å². The normalized spacial score (nSPS) is 10.1. The number of nitro benzene ring substituents is 1. The zero-order chi connectivity index (χ0) is 13.7. The van der Waals surface area contributed by atoms with E-state index < -0.39 is 4.92 Å². The van der Waals surface area contributed by atoms with Crippen molar-refractivity contribution in [1.82, 2.24) is 4.98 Å². The highest BCUT2D eigenvalue weighted by molar-refractivity contribution is 5.60. The maximum atomic E-state index is 10.7.